The summed E-state index contributed by atoms with van der Waals surface area (Å²) in [5.41, 5.74) is 2.24. The lowest BCUT2D eigenvalue weighted by molar-refractivity contribution is 0.664. The van der Waals surface area contributed by atoms with Crippen LogP contribution in [0.5, 0.6) is 0 Å². The fourth-order valence-electron chi connectivity index (χ4n) is 1.68. The van der Waals surface area contributed by atoms with E-state index >= 15 is 0 Å². The van der Waals surface area contributed by atoms with Crippen molar-refractivity contribution >= 4 is 0 Å². The molecule has 2 aromatic heterocycles. The van der Waals surface area contributed by atoms with Crippen molar-refractivity contribution in [1.29, 1.82) is 0 Å². The molecule has 17 heavy (non-hydrogen) atoms. The van der Waals surface area contributed by atoms with Gasteiger partial charge in [-0.1, -0.05) is 6.07 Å². The highest BCUT2D eigenvalue weighted by molar-refractivity contribution is 5.14. The van der Waals surface area contributed by atoms with Crippen molar-refractivity contribution in [3.8, 4) is 0 Å². The Hall–Kier alpha value is -1.75. The summed E-state index contributed by atoms with van der Waals surface area (Å²) in [5, 5.41) is 7.53. The molecule has 0 amide bonds. The lowest BCUT2D eigenvalue weighted by Gasteiger charge is -2.04. The molecule has 0 spiro atoms. The first kappa shape index (κ1) is 10.4. The summed E-state index contributed by atoms with van der Waals surface area (Å²) in [6, 6.07) is 4.91. The third-order valence-corrected chi connectivity index (χ3v) is 2.85. The van der Waals surface area contributed by atoms with E-state index in [9.17, 15) is 0 Å². The van der Waals surface area contributed by atoms with Crippen molar-refractivity contribution in [1.82, 2.24) is 25.1 Å². The Labute approximate surface area is 99.9 Å². The number of rotatable bonds is 5. The molecular weight excluding hydrogens is 214 g/mol. The number of nitrogens with one attached hydrogen (secondary N) is 1. The SMILES string of the molecule is c1ncn(Cc2ccc(CNC3CC3)cn2)n1. The van der Waals surface area contributed by atoms with Crippen LogP contribution in [0.25, 0.3) is 0 Å². The summed E-state index contributed by atoms with van der Waals surface area (Å²) in [6.45, 7) is 1.59. The van der Waals surface area contributed by atoms with Crippen molar-refractivity contribution in [3.05, 3.63) is 42.2 Å². The number of pyridine rings is 1. The molecule has 2 aromatic rings. The maximum Gasteiger partial charge on any atom is 0.137 e. The van der Waals surface area contributed by atoms with Gasteiger partial charge in [0.15, 0.2) is 0 Å². The third kappa shape index (κ3) is 2.88. The van der Waals surface area contributed by atoms with E-state index in [1.54, 1.807) is 11.0 Å². The lowest BCUT2D eigenvalue weighted by Crippen LogP contribution is -2.15. The van der Waals surface area contributed by atoms with Crippen LogP contribution < -0.4 is 5.32 Å². The molecule has 1 aliphatic rings. The van der Waals surface area contributed by atoms with Gasteiger partial charge in [-0.25, -0.2) is 9.67 Å². The zero-order chi connectivity index (χ0) is 11.5. The third-order valence-electron chi connectivity index (χ3n) is 2.85. The van der Waals surface area contributed by atoms with E-state index in [2.05, 4.69) is 26.4 Å². The predicted molar refractivity (Wildman–Crippen MR) is 63.2 cm³/mol. The van der Waals surface area contributed by atoms with E-state index in [1.807, 2.05) is 12.3 Å². The molecule has 1 saturated carbocycles. The fourth-order valence-corrected chi connectivity index (χ4v) is 1.68. The second-order valence-electron chi connectivity index (χ2n) is 4.41. The van der Waals surface area contributed by atoms with Gasteiger partial charge in [0.25, 0.3) is 0 Å². The predicted octanol–water partition coefficient (Wildman–Crippen LogP) is 0.973. The van der Waals surface area contributed by atoms with Gasteiger partial charge in [0.1, 0.15) is 12.7 Å². The van der Waals surface area contributed by atoms with Gasteiger partial charge in [0.05, 0.1) is 12.2 Å². The lowest BCUT2D eigenvalue weighted by atomic mass is 10.2. The molecule has 0 radical (unpaired) electrons. The molecule has 5 heteroatoms. The minimum absolute atomic E-state index is 0.677. The van der Waals surface area contributed by atoms with E-state index < -0.39 is 0 Å². The molecule has 1 fully saturated rings. The van der Waals surface area contributed by atoms with Crippen LogP contribution in [0, 0.1) is 0 Å². The zero-order valence-corrected chi connectivity index (χ0v) is 9.58. The Morgan fingerprint density at radius 2 is 2.29 bits per heavy atom. The molecule has 0 unspecified atom stereocenters. The molecule has 2 heterocycles. The van der Waals surface area contributed by atoms with E-state index in [-0.39, 0.29) is 0 Å². The van der Waals surface area contributed by atoms with E-state index in [4.69, 9.17) is 0 Å². The highest BCUT2D eigenvalue weighted by Crippen LogP contribution is 2.19. The van der Waals surface area contributed by atoms with Gasteiger partial charge in [-0.3, -0.25) is 4.98 Å². The Bertz CT molecular complexity index is 458. The van der Waals surface area contributed by atoms with Gasteiger partial charge in [-0.15, -0.1) is 0 Å². The monoisotopic (exact) mass is 229 g/mol. The van der Waals surface area contributed by atoms with Gasteiger partial charge in [-0.2, -0.15) is 5.10 Å². The van der Waals surface area contributed by atoms with Gasteiger partial charge in [0, 0.05) is 18.8 Å². The van der Waals surface area contributed by atoms with E-state index in [1.165, 1.54) is 24.7 Å². The first-order valence-electron chi connectivity index (χ1n) is 5.90. The fraction of sp³-hybridized carbons (Fsp3) is 0.417. The number of nitrogens with zero attached hydrogens (tertiary/aromatic N) is 4. The topological polar surface area (TPSA) is 55.6 Å². The van der Waals surface area contributed by atoms with Crippen LogP contribution >= 0.6 is 0 Å². The van der Waals surface area contributed by atoms with Crippen LogP contribution in [-0.4, -0.2) is 25.8 Å². The molecule has 5 nitrogen and oxygen atoms in total. The van der Waals surface area contributed by atoms with Crippen molar-refractivity contribution in [2.75, 3.05) is 0 Å². The second kappa shape index (κ2) is 4.63. The first-order valence-corrected chi connectivity index (χ1v) is 5.90. The first-order chi connectivity index (χ1) is 8.40. The Morgan fingerprint density at radius 1 is 1.35 bits per heavy atom. The highest BCUT2D eigenvalue weighted by Gasteiger charge is 2.19. The standard InChI is InChI=1S/C12H15N5/c1-2-12(7-17-9-13-8-16-17)15-6-10(1)5-14-11-3-4-11/h1-2,6,8-9,11,14H,3-5,7H2. The molecule has 0 aliphatic heterocycles. The minimum atomic E-state index is 0.677. The molecule has 3 rings (SSSR count). The van der Waals surface area contributed by atoms with Crippen LogP contribution in [0.15, 0.2) is 31.0 Å². The molecule has 1 aliphatic carbocycles. The smallest absolute Gasteiger partial charge is 0.137 e. The maximum absolute atomic E-state index is 4.42. The van der Waals surface area contributed by atoms with Crippen molar-refractivity contribution in [2.45, 2.75) is 32.0 Å². The molecule has 1 N–H and O–H groups in total. The summed E-state index contributed by atoms with van der Waals surface area (Å²) in [4.78, 5) is 8.33. The summed E-state index contributed by atoms with van der Waals surface area (Å²) in [5.74, 6) is 0. The number of hydrogen-bond donors (Lipinski definition) is 1. The van der Waals surface area contributed by atoms with E-state index in [0.717, 1.165) is 18.3 Å². The summed E-state index contributed by atoms with van der Waals surface area (Å²) in [6.07, 6.45) is 7.80. The van der Waals surface area contributed by atoms with Gasteiger partial charge >= 0.3 is 0 Å². The summed E-state index contributed by atoms with van der Waals surface area (Å²) < 4.78 is 1.77. The van der Waals surface area contributed by atoms with Crippen LogP contribution in [-0.2, 0) is 13.1 Å². The second-order valence-corrected chi connectivity index (χ2v) is 4.41. The molecule has 0 atom stereocenters. The van der Waals surface area contributed by atoms with E-state index in [0.29, 0.717) is 6.54 Å². The minimum Gasteiger partial charge on any atom is -0.310 e. The van der Waals surface area contributed by atoms with Gasteiger partial charge in [0.2, 0.25) is 0 Å². The van der Waals surface area contributed by atoms with Crippen molar-refractivity contribution in [2.24, 2.45) is 0 Å². The molecule has 0 saturated heterocycles. The van der Waals surface area contributed by atoms with Crippen molar-refractivity contribution < 1.29 is 0 Å². The maximum atomic E-state index is 4.42. The molecular formula is C12H15N5. The number of aromatic nitrogens is 4. The largest absolute Gasteiger partial charge is 0.310 e. The quantitative estimate of drug-likeness (QED) is 0.830. The van der Waals surface area contributed by atoms with Crippen molar-refractivity contribution in [3.63, 3.8) is 0 Å². The van der Waals surface area contributed by atoms with Crippen LogP contribution in [0.1, 0.15) is 24.1 Å². The Kier molecular flexibility index (Phi) is 2.83. The van der Waals surface area contributed by atoms with Crippen LogP contribution in [0.2, 0.25) is 0 Å². The molecule has 0 aromatic carbocycles. The zero-order valence-electron chi connectivity index (χ0n) is 9.58. The Morgan fingerprint density at radius 3 is 2.94 bits per heavy atom. The molecule has 0 bridgehead atoms. The van der Waals surface area contributed by atoms with Gasteiger partial charge < -0.3 is 5.32 Å². The summed E-state index contributed by atoms with van der Waals surface area (Å²) in [7, 11) is 0. The van der Waals surface area contributed by atoms with Crippen LogP contribution in [0.3, 0.4) is 0 Å². The average Bonchev–Trinajstić information content (AvgIpc) is 3.05. The summed E-state index contributed by atoms with van der Waals surface area (Å²) >= 11 is 0. The van der Waals surface area contributed by atoms with Gasteiger partial charge in [-0.05, 0) is 24.5 Å². The van der Waals surface area contributed by atoms with Crippen LogP contribution in [0.4, 0.5) is 0 Å². The Balaban J connectivity index is 1.58. The molecule has 88 valence electrons. The number of hydrogen-bond acceptors (Lipinski definition) is 4. The normalized spacial score (nSPS) is 15.1. The highest BCUT2D eigenvalue weighted by atomic mass is 15.3. The average molecular weight is 229 g/mol.